The molecule has 0 aliphatic heterocycles. The molecule has 0 spiro atoms. The molecule has 1 heterocycles. The second-order valence-corrected chi connectivity index (χ2v) is 6.62. The molecule has 0 radical (unpaired) electrons. The van der Waals surface area contributed by atoms with Crippen molar-refractivity contribution in [1.82, 2.24) is 4.57 Å². The molecule has 1 aromatic heterocycles. The minimum atomic E-state index is -0.727. The van der Waals surface area contributed by atoms with Crippen LogP contribution < -0.4 is 5.56 Å². The van der Waals surface area contributed by atoms with Crippen LogP contribution in [0.3, 0.4) is 0 Å². The molecule has 1 aliphatic carbocycles. The Morgan fingerprint density at radius 2 is 1.64 bits per heavy atom. The van der Waals surface area contributed by atoms with Gasteiger partial charge in [-0.25, -0.2) is 0 Å². The van der Waals surface area contributed by atoms with Crippen LogP contribution in [0.25, 0.3) is 5.70 Å². The van der Waals surface area contributed by atoms with E-state index < -0.39 is 5.41 Å². The Labute approximate surface area is 137 Å². The fraction of sp³-hybridized carbons (Fsp3) is 0.176. The highest BCUT2D eigenvalue weighted by Gasteiger charge is 2.35. The smallest absolute Gasteiger partial charge is 0.255 e. The summed E-state index contributed by atoms with van der Waals surface area (Å²) in [6, 6.07) is 8.13. The predicted molar refractivity (Wildman–Crippen MR) is 88.7 cm³/mol. The first-order chi connectivity index (χ1) is 10.3. The lowest BCUT2D eigenvalue weighted by molar-refractivity contribution is 0.0882. The van der Waals surface area contributed by atoms with Crippen LogP contribution in [0.4, 0.5) is 0 Å². The van der Waals surface area contributed by atoms with Crippen molar-refractivity contribution in [3.63, 3.8) is 0 Å². The summed E-state index contributed by atoms with van der Waals surface area (Å²) in [7, 11) is 0. The van der Waals surface area contributed by atoms with Crippen molar-refractivity contribution in [3.05, 3.63) is 74.1 Å². The van der Waals surface area contributed by atoms with Crippen molar-refractivity contribution < 1.29 is 4.79 Å². The van der Waals surface area contributed by atoms with Gasteiger partial charge in [0.2, 0.25) is 0 Å². The summed E-state index contributed by atoms with van der Waals surface area (Å²) in [5, 5.41) is 0.675. The zero-order chi connectivity index (χ0) is 16.1. The lowest BCUT2D eigenvalue weighted by atomic mass is 9.76. The first-order valence-corrected chi connectivity index (χ1v) is 7.52. The standard InChI is InChI=1S/C17H13Cl2NO2/c1-17(2)9-14(20-6-4-3-5-15(20)21)10-7-12(18)13(19)8-11(10)16(17)22/h3-9H,1-2H3. The summed E-state index contributed by atoms with van der Waals surface area (Å²) in [5.41, 5.74) is 0.841. The highest BCUT2D eigenvalue weighted by molar-refractivity contribution is 6.42. The predicted octanol–water partition coefficient (Wildman–Crippen LogP) is 4.27. The van der Waals surface area contributed by atoms with E-state index in [1.165, 1.54) is 10.6 Å². The van der Waals surface area contributed by atoms with Gasteiger partial charge in [-0.3, -0.25) is 14.2 Å². The maximum absolute atomic E-state index is 12.6. The van der Waals surface area contributed by atoms with E-state index in [4.69, 9.17) is 23.2 Å². The molecule has 0 fully saturated rings. The molecule has 1 aromatic carbocycles. The molecule has 5 heteroatoms. The van der Waals surface area contributed by atoms with Crippen molar-refractivity contribution in [2.24, 2.45) is 5.41 Å². The van der Waals surface area contributed by atoms with Gasteiger partial charge in [0.15, 0.2) is 5.78 Å². The monoisotopic (exact) mass is 333 g/mol. The van der Waals surface area contributed by atoms with E-state index in [-0.39, 0.29) is 11.3 Å². The quantitative estimate of drug-likeness (QED) is 0.781. The third-order valence-corrected chi connectivity index (χ3v) is 4.47. The van der Waals surface area contributed by atoms with Crippen LogP contribution in [-0.4, -0.2) is 10.4 Å². The van der Waals surface area contributed by atoms with Gasteiger partial charge in [0.05, 0.1) is 15.7 Å². The third-order valence-electron chi connectivity index (χ3n) is 3.75. The maximum atomic E-state index is 12.6. The van der Waals surface area contributed by atoms with Gasteiger partial charge in [0.25, 0.3) is 5.56 Å². The van der Waals surface area contributed by atoms with E-state index in [9.17, 15) is 9.59 Å². The number of nitrogens with zero attached hydrogens (tertiary/aromatic N) is 1. The van der Waals surface area contributed by atoms with E-state index in [2.05, 4.69) is 0 Å². The lowest BCUT2D eigenvalue weighted by Crippen LogP contribution is -2.30. The second kappa shape index (κ2) is 5.11. The molecule has 3 nitrogen and oxygen atoms in total. The number of Topliss-reactive ketones (excluding diaryl/α,β-unsaturated/α-hetero) is 1. The molecular formula is C17H13Cl2NO2. The number of allylic oxidation sites excluding steroid dienone is 1. The van der Waals surface area contributed by atoms with Gasteiger partial charge < -0.3 is 0 Å². The Morgan fingerprint density at radius 3 is 2.27 bits per heavy atom. The van der Waals surface area contributed by atoms with Gasteiger partial charge in [-0.2, -0.15) is 0 Å². The molecule has 0 atom stereocenters. The Bertz CT molecular complexity index is 878. The molecule has 0 unspecified atom stereocenters. The number of ketones is 1. The fourth-order valence-corrected chi connectivity index (χ4v) is 2.93. The molecule has 0 saturated carbocycles. The molecule has 3 rings (SSSR count). The van der Waals surface area contributed by atoms with E-state index >= 15 is 0 Å². The number of fused-ring (bicyclic) bond motifs is 1. The van der Waals surface area contributed by atoms with Gasteiger partial charge in [-0.05, 0) is 38.1 Å². The normalized spacial score (nSPS) is 16.2. The molecule has 112 valence electrons. The van der Waals surface area contributed by atoms with Crippen molar-refractivity contribution >= 4 is 34.7 Å². The molecule has 0 saturated heterocycles. The van der Waals surface area contributed by atoms with Gasteiger partial charge in [-0.1, -0.05) is 29.3 Å². The molecule has 22 heavy (non-hydrogen) atoms. The summed E-state index contributed by atoms with van der Waals surface area (Å²) < 4.78 is 1.51. The van der Waals surface area contributed by atoms with Gasteiger partial charge in [0, 0.05) is 28.8 Å². The van der Waals surface area contributed by atoms with Gasteiger partial charge in [-0.15, -0.1) is 0 Å². The highest BCUT2D eigenvalue weighted by Crippen LogP contribution is 2.39. The lowest BCUT2D eigenvalue weighted by Gasteiger charge is -2.29. The number of benzene rings is 1. The number of pyridine rings is 1. The van der Waals surface area contributed by atoms with Crippen LogP contribution in [0, 0.1) is 5.41 Å². The van der Waals surface area contributed by atoms with Crippen molar-refractivity contribution in [1.29, 1.82) is 0 Å². The summed E-state index contributed by atoms with van der Waals surface area (Å²) in [6.45, 7) is 3.63. The van der Waals surface area contributed by atoms with E-state index in [0.29, 0.717) is 26.9 Å². The molecule has 1 aliphatic rings. The van der Waals surface area contributed by atoms with Crippen LogP contribution in [0.2, 0.25) is 10.0 Å². The summed E-state index contributed by atoms with van der Waals surface area (Å²) >= 11 is 12.2. The number of aromatic nitrogens is 1. The van der Waals surface area contributed by atoms with E-state index in [1.807, 2.05) is 13.8 Å². The average Bonchev–Trinajstić information content (AvgIpc) is 2.46. The number of rotatable bonds is 1. The molecule has 0 N–H and O–H groups in total. The SMILES string of the molecule is CC1(C)C=C(n2ccccc2=O)c2cc(Cl)c(Cl)cc2C1=O. The molecule has 2 aromatic rings. The number of carbonyl (C=O) groups excluding carboxylic acids is 1. The number of hydrogen-bond donors (Lipinski definition) is 0. The minimum Gasteiger partial charge on any atom is -0.293 e. The largest absolute Gasteiger partial charge is 0.293 e. The molecule has 0 bridgehead atoms. The zero-order valence-corrected chi connectivity index (χ0v) is 13.6. The Morgan fingerprint density at radius 1 is 1.00 bits per heavy atom. The number of carbonyl (C=O) groups is 1. The number of halogens is 2. The summed E-state index contributed by atoms with van der Waals surface area (Å²) in [4.78, 5) is 24.8. The van der Waals surface area contributed by atoms with Crippen LogP contribution in [0.15, 0.2) is 47.4 Å². The Kier molecular flexibility index (Phi) is 3.50. The fourth-order valence-electron chi connectivity index (χ4n) is 2.60. The second-order valence-electron chi connectivity index (χ2n) is 5.80. The first-order valence-electron chi connectivity index (χ1n) is 6.76. The van der Waals surface area contributed by atoms with E-state index in [0.717, 1.165) is 0 Å². The van der Waals surface area contributed by atoms with Crippen LogP contribution >= 0.6 is 23.2 Å². The van der Waals surface area contributed by atoms with Gasteiger partial charge in [0.1, 0.15) is 0 Å². The van der Waals surface area contributed by atoms with Crippen LogP contribution in [0.5, 0.6) is 0 Å². The minimum absolute atomic E-state index is 0.0474. The maximum Gasteiger partial charge on any atom is 0.255 e. The molecular weight excluding hydrogens is 321 g/mol. The summed E-state index contributed by atoms with van der Waals surface area (Å²) in [5.74, 6) is -0.0474. The van der Waals surface area contributed by atoms with Gasteiger partial charge >= 0.3 is 0 Å². The van der Waals surface area contributed by atoms with Crippen LogP contribution in [0.1, 0.15) is 29.8 Å². The van der Waals surface area contributed by atoms with Crippen molar-refractivity contribution in [2.75, 3.05) is 0 Å². The van der Waals surface area contributed by atoms with Crippen LogP contribution in [-0.2, 0) is 0 Å². The first kappa shape index (κ1) is 15.1. The van der Waals surface area contributed by atoms with Crippen molar-refractivity contribution in [3.8, 4) is 0 Å². The van der Waals surface area contributed by atoms with E-state index in [1.54, 1.807) is 36.5 Å². The zero-order valence-electron chi connectivity index (χ0n) is 12.1. The Balaban J connectivity index is 2.36. The topological polar surface area (TPSA) is 39.1 Å². The van der Waals surface area contributed by atoms with Crippen molar-refractivity contribution in [2.45, 2.75) is 13.8 Å². The number of hydrogen-bond acceptors (Lipinski definition) is 2. The Hall–Kier alpha value is -1.84. The third kappa shape index (κ3) is 2.31. The molecule has 0 amide bonds. The average molecular weight is 334 g/mol. The highest BCUT2D eigenvalue weighted by atomic mass is 35.5. The summed E-state index contributed by atoms with van der Waals surface area (Å²) in [6.07, 6.45) is 3.47.